The van der Waals surface area contributed by atoms with Gasteiger partial charge in [0.15, 0.2) is 5.65 Å². The highest BCUT2D eigenvalue weighted by Crippen LogP contribution is 2.30. The van der Waals surface area contributed by atoms with Gasteiger partial charge in [0.2, 0.25) is 11.9 Å². The van der Waals surface area contributed by atoms with Crippen LogP contribution in [-0.2, 0) is 11.3 Å². The number of nitrogens with zero attached hydrogens (tertiary/aromatic N) is 4. The molecular formula is C18H15N5O. The smallest absolute Gasteiger partial charge is 0.249 e. The van der Waals surface area contributed by atoms with Crippen molar-refractivity contribution in [1.82, 2.24) is 14.6 Å². The van der Waals surface area contributed by atoms with Crippen molar-refractivity contribution in [3.63, 3.8) is 0 Å². The molecule has 6 heteroatoms. The molecule has 3 aromatic rings. The second kappa shape index (κ2) is 4.99. The van der Waals surface area contributed by atoms with E-state index < -0.39 is 0 Å². The minimum atomic E-state index is 0.0150. The van der Waals surface area contributed by atoms with E-state index in [-0.39, 0.29) is 11.8 Å². The number of benzene rings is 1. The van der Waals surface area contributed by atoms with Crippen molar-refractivity contribution >= 4 is 23.7 Å². The van der Waals surface area contributed by atoms with Gasteiger partial charge in [0.05, 0.1) is 12.2 Å². The molecule has 1 aromatic carbocycles. The fourth-order valence-corrected chi connectivity index (χ4v) is 3.00. The average Bonchev–Trinajstić information content (AvgIpc) is 3.20. The molecule has 1 fully saturated rings. The maximum absolute atomic E-state index is 11.9. The Morgan fingerprint density at radius 1 is 1.21 bits per heavy atom. The largest absolute Gasteiger partial charge is 0.293 e. The van der Waals surface area contributed by atoms with Crippen molar-refractivity contribution < 1.29 is 4.79 Å². The van der Waals surface area contributed by atoms with Crippen LogP contribution in [0, 0.1) is 5.92 Å². The normalized spacial score (nSPS) is 15.7. The molecule has 5 rings (SSSR count). The number of hydrogen-bond donors (Lipinski definition) is 1. The van der Waals surface area contributed by atoms with Crippen LogP contribution in [0.4, 0.5) is 5.95 Å². The molecule has 1 saturated carbocycles. The third-order valence-electron chi connectivity index (χ3n) is 4.48. The van der Waals surface area contributed by atoms with Gasteiger partial charge in [-0.25, -0.2) is 4.52 Å². The number of pyridine rings is 1. The molecule has 2 aliphatic rings. The van der Waals surface area contributed by atoms with Gasteiger partial charge in [0.1, 0.15) is 0 Å². The van der Waals surface area contributed by atoms with Crippen LogP contribution in [0.1, 0.15) is 24.0 Å². The Balaban J connectivity index is 1.57. The summed E-state index contributed by atoms with van der Waals surface area (Å²) in [5.41, 5.74) is 5.09. The Bertz CT molecular complexity index is 1000. The van der Waals surface area contributed by atoms with Crippen LogP contribution in [0.25, 0.3) is 16.9 Å². The third-order valence-corrected chi connectivity index (χ3v) is 4.48. The van der Waals surface area contributed by atoms with Crippen LogP contribution in [0.5, 0.6) is 0 Å². The molecule has 0 atom stereocenters. The molecule has 0 bridgehead atoms. The maximum Gasteiger partial charge on any atom is 0.249 e. The number of carbonyl (C=O) groups excluding carboxylic acids is 1. The van der Waals surface area contributed by atoms with E-state index >= 15 is 0 Å². The first kappa shape index (κ1) is 13.4. The number of aromatic nitrogens is 3. The lowest BCUT2D eigenvalue weighted by Gasteiger charge is -2.06. The van der Waals surface area contributed by atoms with E-state index in [1.807, 2.05) is 24.4 Å². The van der Waals surface area contributed by atoms with Gasteiger partial charge in [0.25, 0.3) is 0 Å². The standard InChI is InChI=1S/C18H15N5O/c24-17(11-4-5-11)21-18-20-16-3-1-2-15(23(16)22-18)12-6-7-13-9-19-10-14(13)8-12/h1-3,6-8,10-11H,4-5,9H2,(H,21,22,24). The number of carbonyl (C=O) groups is 1. The summed E-state index contributed by atoms with van der Waals surface area (Å²) < 4.78 is 1.77. The number of aliphatic imine (C=N–C) groups is 1. The number of anilines is 1. The first-order chi connectivity index (χ1) is 11.8. The molecule has 6 nitrogen and oxygen atoms in total. The summed E-state index contributed by atoms with van der Waals surface area (Å²) in [6.07, 6.45) is 3.82. The molecule has 0 radical (unpaired) electrons. The molecule has 1 amide bonds. The number of rotatable bonds is 3. The molecule has 118 valence electrons. The van der Waals surface area contributed by atoms with Gasteiger partial charge in [-0.1, -0.05) is 18.2 Å². The van der Waals surface area contributed by atoms with E-state index in [9.17, 15) is 4.79 Å². The van der Waals surface area contributed by atoms with Gasteiger partial charge >= 0.3 is 0 Å². The molecule has 1 N–H and O–H groups in total. The zero-order chi connectivity index (χ0) is 16.1. The molecule has 0 saturated heterocycles. The van der Waals surface area contributed by atoms with Crippen molar-refractivity contribution in [3.8, 4) is 11.3 Å². The quantitative estimate of drug-likeness (QED) is 0.807. The molecule has 1 aliphatic carbocycles. The Hall–Kier alpha value is -3.02. The van der Waals surface area contributed by atoms with Crippen LogP contribution >= 0.6 is 0 Å². The van der Waals surface area contributed by atoms with E-state index in [0.717, 1.165) is 36.2 Å². The van der Waals surface area contributed by atoms with Gasteiger partial charge in [0, 0.05) is 17.7 Å². The predicted molar refractivity (Wildman–Crippen MR) is 91.1 cm³/mol. The number of hydrogen-bond acceptors (Lipinski definition) is 4. The number of nitrogens with one attached hydrogen (secondary N) is 1. The lowest BCUT2D eigenvalue weighted by molar-refractivity contribution is -0.117. The summed E-state index contributed by atoms with van der Waals surface area (Å²) in [6.45, 7) is 0.750. The highest BCUT2D eigenvalue weighted by molar-refractivity contribution is 5.92. The Labute approximate surface area is 138 Å². The van der Waals surface area contributed by atoms with Crippen LogP contribution < -0.4 is 5.32 Å². The fraction of sp³-hybridized carbons (Fsp3) is 0.222. The molecule has 0 spiro atoms. The van der Waals surface area contributed by atoms with E-state index in [1.165, 1.54) is 5.56 Å². The highest BCUT2D eigenvalue weighted by atomic mass is 16.2. The fourth-order valence-electron chi connectivity index (χ4n) is 3.00. The van der Waals surface area contributed by atoms with Gasteiger partial charge in [-0.15, -0.1) is 5.10 Å². The summed E-state index contributed by atoms with van der Waals surface area (Å²) in [5, 5.41) is 7.28. The minimum absolute atomic E-state index is 0.0150. The van der Waals surface area contributed by atoms with Crippen LogP contribution in [0.3, 0.4) is 0 Å². The van der Waals surface area contributed by atoms with Crippen molar-refractivity contribution in [2.45, 2.75) is 19.4 Å². The third kappa shape index (κ3) is 2.19. The van der Waals surface area contributed by atoms with E-state index in [1.54, 1.807) is 4.52 Å². The lowest BCUT2D eigenvalue weighted by atomic mass is 10.0. The molecule has 1 aliphatic heterocycles. The second-order valence-corrected chi connectivity index (χ2v) is 6.26. The zero-order valence-electron chi connectivity index (χ0n) is 12.9. The van der Waals surface area contributed by atoms with Crippen LogP contribution in [0.15, 0.2) is 41.4 Å². The predicted octanol–water partition coefficient (Wildman–Crippen LogP) is 2.68. The van der Waals surface area contributed by atoms with E-state index in [2.05, 4.69) is 38.6 Å². The first-order valence-electron chi connectivity index (χ1n) is 8.08. The SMILES string of the molecule is O=C(Nc1nc2cccc(-c3ccc4c(c3)C=NC4)n2n1)C1CC1. The Morgan fingerprint density at radius 2 is 2.12 bits per heavy atom. The van der Waals surface area contributed by atoms with Crippen molar-refractivity contribution in [2.75, 3.05) is 5.32 Å². The molecule has 0 unspecified atom stereocenters. The van der Waals surface area contributed by atoms with Crippen molar-refractivity contribution in [2.24, 2.45) is 10.9 Å². The Morgan fingerprint density at radius 3 is 3.00 bits per heavy atom. The summed E-state index contributed by atoms with van der Waals surface area (Å²) >= 11 is 0. The van der Waals surface area contributed by atoms with Crippen LogP contribution in [-0.4, -0.2) is 26.7 Å². The van der Waals surface area contributed by atoms with Crippen molar-refractivity contribution in [3.05, 3.63) is 47.5 Å². The summed E-state index contributed by atoms with van der Waals surface area (Å²) in [5.74, 6) is 0.510. The van der Waals surface area contributed by atoms with E-state index in [0.29, 0.717) is 11.6 Å². The average molecular weight is 317 g/mol. The van der Waals surface area contributed by atoms with E-state index in [4.69, 9.17) is 0 Å². The van der Waals surface area contributed by atoms with Gasteiger partial charge in [-0.3, -0.25) is 15.1 Å². The van der Waals surface area contributed by atoms with Gasteiger partial charge in [-0.2, -0.15) is 4.98 Å². The van der Waals surface area contributed by atoms with Gasteiger partial charge in [-0.05, 0) is 42.2 Å². The van der Waals surface area contributed by atoms with Gasteiger partial charge < -0.3 is 0 Å². The molecule has 24 heavy (non-hydrogen) atoms. The minimum Gasteiger partial charge on any atom is -0.293 e. The lowest BCUT2D eigenvalue weighted by Crippen LogP contribution is -2.14. The zero-order valence-corrected chi connectivity index (χ0v) is 12.9. The topological polar surface area (TPSA) is 71.7 Å². The summed E-state index contributed by atoms with van der Waals surface area (Å²) in [4.78, 5) is 20.6. The monoisotopic (exact) mass is 317 g/mol. The summed E-state index contributed by atoms with van der Waals surface area (Å²) in [7, 11) is 0. The Kier molecular flexibility index (Phi) is 2.79. The number of amides is 1. The molecule has 2 aromatic heterocycles. The van der Waals surface area contributed by atoms with Crippen molar-refractivity contribution in [1.29, 1.82) is 0 Å². The molecular weight excluding hydrogens is 302 g/mol. The highest BCUT2D eigenvalue weighted by Gasteiger charge is 2.30. The maximum atomic E-state index is 11.9. The second-order valence-electron chi connectivity index (χ2n) is 6.26. The summed E-state index contributed by atoms with van der Waals surface area (Å²) in [6, 6.07) is 12.1. The first-order valence-corrected chi connectivity index (χ1v) is 8.08. The number of fused-ring (bicyclic) bond motifs is 2. The molecule has 3 heterocycles. The van der Waals surface area contributed by atoms with Crippen LogP contribution in [0.2, 0.25) is 0 Å².